The Balaban J connectivity index is 1.78. The molecule has 0 unspecified atom stereocenters. The molecule has 1 N–H and O–H groups in total. The number of amides is 1. The van der Waals surface area contributed by atoms with Gasteiger partial charge in [-0.25, -0.2) is 4.39 Å². The summed E-state index contributed by atoms with van der Waals surface area (Å²) in [5, 5.41) is 9.28. The van der Waals surface area contributed by atoms with E-state index in [1.54, 1.807) is 17.0 Å². The summed E-state index contributed by atoms with van der Waals surface area (Å²) < 4.78 is 14.5. The highest BCUT2D eigenvalue weighted by atomic mass is 19.1. The molecule has 4 nitrogen and oxygen atoms in total. The Labute approximate surface area is 147 Å². The van der Waals surface area contributed by atoms with Gasteiger partial charge in [-0.15, -0.1) is 0 Å². The monoisotopic (exact) mass is 342 g/mol. The number of hydrogen-bond acceptors (Lipinski definition) is 3. The molecule has 3 rings (SSSR count). The van der Waals surface area contributed by atoms with Crippen LogP contribution >= 0.6 is 0 Å². The summed E-state index contributed by atoms with van der Waals surface area (Å²) in [6.07, 6.45) is 2.14. The van der Waals surface area contributed by atoms with E-state index in [1.807, 2.05) is 35.2 Å². The van der Waals surface area contributed by atoms with Gasteiger partial charge in [-0.05, 0) is 36.6 Å². The largest absolute Gasteiger partial charge is 0.395 e. The van der Waals surface area contributed by atoms with Gasteiger partial charge in [0.25, 0.3) is 5.91 Å². The molecule has 132 valence electrons. The summed E-state index contributed by atoms with van der Waals surface area (Å²) in [6.45, 7) is 2.18. The van der Waals surface area contributed by atoms with Crippen LogP contribution in [0.3, 0.4) is 0 Å². The molecular weight excluding hydrogens is 319 g/mol. The fraction of sp³-hybridized carbons (Fsp3) is 0.350. The van der Waals surface area contributed by atoms with Gasteiger partial charge >= 0.3 is 0 Å². The van der Waals surface area contributed by atoms with Crippen LogP contribution in [-0.4, -0.2) is 42.2 Å². The van der Waals surface area contributed by atoms with Crippen LogP contribution in [0.25, 0.3) is 0 Å². The van der Waals surface area contributed by atoms with Gasteiger partial charge in [0.15, 0.2) is 0 Å². The van der Waals surface area contributed by atoms with E-state index in [4.69, 9.17) is 0 Å². The van der Waals surface area contributed by atoms with E-state index < -0.39 is 0 Å². The first kappa shape index (κ1) is 17.4. The number of aliphatic hydroxyl groups is 1. The van der Waals surface area contributed by atoms with E-state index in [0.717, 1.165) is 31.5 Å². The van der Waals surface area contributed by atoms with E-state index >= 15 is 0 Å². The molecule has 1 fully saturated rings. The Kier molecular flexibility index (Phi) is 5.66. The molecular formula is C20H23FN2O2. The third kappa shape index (κ3) is 4.17. The van der Waals surface area contributed by atoms with Gasteiger partial charge in [0.1, 0.15) is 5.82 Å². The molecule has 0 bridgehead atoms. The molecule has 0 saturated carbocycles. The van der Waals surface area contributed by atoms with Crippen LogP contribution in [0.15, 0.2) is 48.5 Å². The fourth-order valence-electron chi connectivity index (χ4n) is 3.21. The van der Waals surface area contributed by atoms with Crippen LogP contribution in [0.2, 0.25) is 0 Å². The van der Waals surface area contributed by atoms with Crippen molar-refractivity contribution in [3.8, 4) is 0 Å². The number of benzene rings is 2. The minimum atomic E-state index is -0.364. The average Bonchev–Trinajstić information content (AvgIpc) is 3.16. The van der Waals surface area contributed by atoms with Crippen molar-refractivity contribution in [1.29, 1.82) is 0 Å². The van der Waals surface area contributed by atoms with Crippen LogP contribution in [-0.2, 0) is 6.54 Å². The summed E-state index contributed by atoms with van der Waals surface area (Å²) in [5.41, 5.74) is 1.84. The summed E-state index contributed by atoms with van der Waals surface area (Å²) in [6, 6.07) is 14.2. The minimum Gasteiger partial charge on any atom is -0.395 e. The molecule has 5 heteroatoms. The number of halogens is 1. The van der Waals surface area contributed by atoms with Gasteiger partial charge < -0.3 is 14.9 Å². The summed E-state index contributed by atoms with van der Waals surface area (Å²) in [5.74, 6) is -0.638. The van der Waals surface area contributed by atoms with Crippen LogP contribution in [0, 0.1) is 5.82 Å². The number of anilines is 1. The molecule has 1 aliphatic heterocycles. The lowest BCUT2D eigenvalue weighted by Crippen LogP contribution is -2.33. The molecule has 0 aromatic heterocycles. The number of aliphatic hydroxyl groups excluding tert-OH is 1. The topological polar surface area (TPSA) is 43.8 Å². The van der Waals surface area contributed by atoms with Gasteiger partial charge in [-0.3, -0.25) is 4.79 Å². The molecule has 2 aromatic carbocycles. The van der Waals surface area contributed by atoms with Crippen molar-refractivity contribution in [2.75, 3.05) is 31.1 Å². The van der Waals surface area contributed by atoms with Gasteiger partial charge in [0.2, 0.25) is 0 Å². The summed E-state index contributed by atoms with van der Waals surface area (Å²) in [7, 11) is 0. The van der Waals surface area contributed by atoms with Gasteiger partial charge in [-0.2, -0.15) is 0 Å². The molecule has 0 radical (unpaired) electrons. The molecule has 2 aromatic rings. The van der Waals surface area contributed by atoms with Crippen molar-refractivity contribution >= 4 is 11.6 Å². The number of carbonyl (C=O) groups excluding carboxylic acids is 1. The Morgan fingerprint density at radius 3 is 2.48 bits per heavy atom. The minimum absolute atomic E-state index is 0.132. The highest BCUT2D eigenvalue weighted by Crippen LogP contribution is 2.25. The Bertz CT molecular complexity index is 715. The maximum atomic E-state index is 14.5. The Morgan fingerprint density at radius 1 is 1.12 bits per heavy atom. The van der Waals surface area contributed by atoms with Crippen molar-refractivity contribution in [3.63, 3.8) is 0 Å². The zero-order chi connectivity index (χ0) is 17.6. The lowest BCUT2D eigenvalue weighted by Gasteiger charge is -2.23. The third-order valence-electron chi connectivity index (χ3n) is 4.51. The number of hydrogen-bond donors (Lipinski definition) is 1. The summed E-state index contributed by atoms with van der Waals surface area (Å²) >= 11 is 0. The second-order valence-electron chi connectivity index (χ2n) is 6.30. The first-order chi connectivity index (χ1) is 12.2. The van der Waals surface area contributed by atoms with Crippen molar-refractivity contribution in [2.45, 2.75) is 19.4 Å². The first-order valence-corrected chi connectivity index (χ1v) is 8.67. The maximum Gasteiger partial charge on any atom is 0.254 e. The molecule has 0 aliphatic carbocycles. The Hall–Kier alpha value is -2.40. The predicted molar refractivity (Wildman–Crippen MR) is 96.1 cm³/mol. The predicted octanol–water partition coefficient (Wildman–Crippen LogP) is 3.06. The lowest BCUT2D eigenvalue weighted by atomic mass is 10.1. The summed E-state index contributed by atoms with van der Waals surface area (Å²) in [4.78, 5) is 16.3. The molecule has 0 spiro atoms. The van der Waals surface area contributed by atoms with E-state index in [-0.39, 0.29) is 24.9 Å². The highest BCUT2D eigenvalue weighted by Gasteiger charge is 2.20. The molecule has 1 saturated heterocycles. The van der Waals surface area contributed by atoms with E-state index in [1.165, 1.54) is 6.07 Å². The van der Waals surface area contributed by atoms with E-state index in [0.29, 0.717) is 17.8 Å². The zero-order valence-corrected chi connectivity index (χ0v) is 14.2. The van der Waals surface area contributed by atoms with Crippen LogP contribution in [0.4, 0.5) is 10.1 Å². The van der Waals surface area contributed by atoms with Crippen LogP contribution in [0.5, 0.6) is 0 Å². The second-order valence-corrected chi connectivity index (χ2v) is 6.30. The molecule has 1 amide bonds. The molecule has 25 heavy (non-hydrogen) atoms. The molecule has 1 aliphatic rings. The molecule has 0 atom stereocenters. The van der Waals surface area contributed by atoms with Crippen molar-refractivity contribution in [2.24, 2.45) is 0 Å². The maximum absolute atomic E-state index is 14.5. The SMILES string of the molecule is O=C(c1ccc(N2CCCC2)c(F)c1)N(CCO)Cc1ccccc1. The van der Waals surface area contributed by atoms with Crippen molar-refractivity contribution in [3.05, 3.63) is 65.5 Å². The van der Waals surface area contributed by atoms with E-state index in [2.05, 4.69) is 0 Å². The second kappa shape index (κ2) is 8.12. The third-order valence-corrected chi connectivity index (χ3v) is 4.51. The van der Waals surface area contributed by atoms with Gasteiger partial charge in [-0.1, -0.05) is 30.3 Å². The van der Waals surface area contributed by atoms with Gasteiger partial charge in [0, 0.05) is 31.7 Å². The number of carbonyl (C=O) groups is 1. The molecule has 1 heterocycles. The number of nitrogens with zero attached hydrogens (tertiary/aromatic N) is 2. The normalized spacial score (nSPS) is 13.9. The smallest absolute Gasteiger partial charge is 0.254 e. The van der Waals surface area contributed by atoms with Crippen molar-refractivity contribution in [1.82, 2.24) is 4.90 Å². The standard InChI is InChI=1S/C20H23FN2O2/c21-18-14-17(8-9-19(18)22-10-4-5-11-22)20(25)23(12-13-24)15-16-6-2-1-3-7-16/h1-3,6-9,14,24H,4-5,10-13,15H2. The Morgan fingerprint density at radius 2 is 1.84 bits per heavy atom. The van der Waals surface area contributed by atoms with Crippen LogP contribution in [0.1, 0.15) is 28.8 Å². The van der Waals surface area contributed by atoms with Crippen molar-refractivity contribution < 1.29 is 14.3 Å². The number of rotatable bonds is 6. The van der Waals surface area contributed by atoms with E-state index in [9.17, 15) is 14.3 Å². The van der Waals surface area contributed by atoms with Crippen LogP contribution < -0.4 is 4.90 Å². The lowest BCUT2D eigenvalue weighted by molar-refractivity contribution is 0.0707. The fourth-order valence-corrected chi connectivity index (χ4v) is 3.21. The average molecular weight is 342 g/mol. The highest BCUT2D eigenvalue weighted by molar-refractivity contribution is 5.94. The quantitative estimate of drug-likeness (QED) is 0.877. The first-order valence-electron chi connectivity index (χ1n) is 8.67. The van der Waals surface area contributed by atoms with Gasteiger partial charge in [0.05, 0.1) is 12.3 Å². The zero-order valence-electron chi connectivity index (χ0n) is 14.2.